The first-order valence-corrected chi connectivity index (χ1v) is 30.9. The number of Topliss-reactive ketones (excluding diaryl/α,β-unsaturated/α-hetero) is 1. The van der Waals surface area contributed by atoms with Crippen LogP contribution in [-0.4, -0.2) is 110 Å². The number of rotatable bonds is 6. The highest BCUT2D eigenvalue weighted by Crippen LogP contribution is 2.85. The zero-order valence-electron chi connectivity index (χ0n) is 46.1. The van der Waals surface area contributed by atoms with Gasteiger partial charge in [0.1, 0.15) is 41.2 Å². The Balaban J connectivity index is 0.862. The zero-order valence-corrected chi connectivity index (χ0v) is 46.1. The second-order valence-electron chi connectivity index (χ2n) is 29.2. The Labute approximate surface area is 458 Å². The molecule has 78 heavy (non-hydrogen) atoms. The molecule has 13 nitrogen and oxygen atoms in total. The number of benzene rings is 2. The first-order valence-electron chi connectivity index (χ1n) is 30.9. The number of fused-ring (bicyclic) bond motifs is 7. The van der Waals surface area contributed by atoms with Crippen molar-refractivity contribution in [2.24, 2.45) is 61.6 Å². The number of carboxylic acids is 1. The molecule has 4 heterocycles. The third-order valence-electron chi connectivity index (χ3n) is 26.2. The van der Waals surface area contributed by atoms with Gasteiger partial charge < -0.3 is 54.7 Å². The summed E-state index contributed by atoms with van der Waals surface area (Å²) >= 11 is 0. The summed E-state index contributed by atoms with van der Waals surface area (Å²) in [6.07, 6.45) is 23.9. The summed E-state index contributed by atoms with van der Waals surface area (Å²) in [5.41, 5.74) is 2.52. The molecule has 2 bridgehead atoms. The number of phenolic OH excluding ortho intramolecular Hbond substituents is 2. The minimum Gasteiger partial charge on any atom is -0.507 e. The van der Waals surface area contributed by atoms with Crippen molar-refractivity contribution in [1.82, 2.24) is 0 Å². The number of carboxylic acid groups (broad SMARTS) is 1. The van der Waals surface area contributed by atoms with Gasteiger partial charge in [-0.3, -0.25) is 4.79 Å². The van der Waals surface area contributed by atoms with Crippen molar-refractivity contribution in [3.8, 4) is 17.2 Å². The van der Waals surface area contributed by atoms with Gasteiger partial charge in [0.05, 0.1) is 35.3 Å². The van der Waals surface area contributed by atoms with Crippen molar-refractivity contribution in [2.45, 2.75) is 223 Å². The molecular formula is C65H84O13. The summed E-state index contributed by atoms with van der Waals surface area (Å²) < 4.78 is 28.3. The van der Waals surface area contributed by atoms with E-state index >= 15 is 0 Å². The van der Waals surface area contributed by atoms with Crippen LogP contribution in [0.2, 0.25) is 0 Å². The van der Waals surface area contributed by atoms with Crippen LogP contribution in [0.4, 0.5) is 0 Å². The molecule has 0 unspecified atom stereocenters. The van der Waals surface area contributed by atoms with E-state index in [1.165, 1.54) is 139 Å². The number of aromatic carboxylic acids is 1. The van der Waals surface area contributed by atoms with E-state index in [1.54, 1.807) is 0 Å². The summed E-state index contributed by atoms with van der Waals surface area (Å²) in [5.74, 6) is -2.52. The second kappa shape index (κ2) is 17.3. The number of aromatic hydroxyl groups is 2. The number of carbonyl (C=O) groups excluding carboxylic acids is 1. The Morgan fingerprint density at radius 2 is 1.50 bits per heavy atom. The van der Waals surface area contributed by atoms with Gasteiger partial charge in [-0.1, -0.05) is 51.0 Å². The molecule has 4 aliphatic heterocycles. The van der Waals surface area contributed by atoms with E-state index < -0.39 is 71.1 Å². The van der Waals surface area contributed by atoms with Crippen LogP contribution in [0.5, 0.6) is 17.2 Å². The minimum atomic E-state index is -1.79. The topological polar surface area (TPSA) is 213 Å². The van der Waals surface area contributed by atoms with Crippen LogP contribution in [0, 0.1) is 68.5 Å². The molecular weight excluding hydrogens is 989 g/mol. The average Bonchev–Trinajstić information content (AvgIpc) is 3.65. The summed E-state index contributed by atoms with van der Waals surface area (Å²) in [5, 5.41) is 84.2. The van der Waals surface area contributed by atoms with E-state index in [9.17, 15) is 45.3 Å². The number of carbonyl (C=O) groups is 2. The highest BCUT2D eigenvalue weighted by Gasteiger charge is 2.77. The number of ketones is 1. The number of hydrogen-bond acceptors (Lipinski definition) is 12. The van der Waals surface area contributed by atoms with Gasteiger partial charge >= 0.3 is 5.97 Å². The minimum absolute atomic E-state index is 0.0602. The van der Waals surface area contributed by atoms with Crippen molar-refractivity contribution in [1.29, 1.82) is 0 Å². The number of ether oxygens (including phenoxy) is 4. The van der Waals surface area contributed by atoms with E-state index in [4.69, 9.17) is 18.9 Å². The van der Waals surface area contributed by atoms with Gasteiger partial charge in [-0.05, 0) is 215 Å². The molecule has 7 spiro atoms. The highest BCUT2D eigenvalue weighted by atomic mass is 16.7. The van der Waals surface area contributed by atoms with E-state index in [1.807, 2.05) is 0 Å². The number of phenols is 2. The average molecular weight is 1070 g/mol. The Kier molecular flexibility index (Phi) is 11.4. The molecule has 422 valence electrons. The Morgan fingerprint density at radius 3 is 2.24 bits per heavy atom. The first kappa shape index (κ1) is 51.3. The lowest BCUT2D eigenvalue weighted by Gasteiger charge is -2.64. The second-order valence-corrected chi connectivity index (χ2v) is 29.2. The summed E-state index contributed by atoms with van der Waals surface area (Å²) in [4.78, 5) is 25.7. The van der Waals surface area contributed by atoms with Crippen molar-refractivity contribution >= 4 is 22.5 Å². The van der Waals surface area contributed by atoms with E-state index in [0.29, 0.717) is 60.6 Å². The third-order valence-corrected chi connectivity index (χ3v) is 26.2. The fraction of sp³-hybridized carbons (Fsp3) is 0.754. The number of aliphatic hydroxyl groups is 4. The van der Waals surface area contributed by atoms with Gasteiger partial charge in [0, 0.05) is 35.0 Å². The number of hydrogen-bond donors (Lipinski definition) is 7. The normalized spacial score (nSPS) is 43.9. The largest absolute Gasteiger partial charge is 0.507 e. The van der Waals surface area contributed by atoms with Gasteiger partial charge in [-0.2, -0.15) is 0 Å². The molecule has 11 fully saturated rings. The monoisotopic (exact) mass is 1070 g/mol. The molecule has 13 aliphatic rings. The number of aliphatic hydroxyl groups excluding tert-OH is 4. The lowest BCUT2D eigenvalue weighted by molar-refractivity contribution is -0.339. The Morgan fingerprint density at radius 1 is 0.782 bits per heavy atom. The van der Waals surface area contributed by atoms with E-state index in [-0.39, 0.29) is 74.3 Å². The summed E-state index contributed by atoms with van der Waals surface area (Å²) in [6, 6.07) is 2.37. The summed E-state index contributed by atoms with van der Waals surface area (Å²) in [7, 11) is 0. The lowest BCUT2D eigenvalue weighted by atomic mass is 9.42. The van der Waals surface area contributed by atoms with Crippen LogP contribution in [0.3, 0.4) is 0 Å². The predicted molar refractivity (Wildman–Crippen MR) is 288 cm³/mol. The van der Waals surface area contributed by atoms with Gasteiger partial charge in [-0.15, -0.1) is 0 Å². The first-order chi connectivity index (χ1) is 37.4. The lowest BCUT2D eigenvalue weighted by Crippen LogP contribution is -2.72. The molecule has 0 amide bonds. The fourth-order valence-electron chi connectivity index (χ4n) is 23.9. The van der Waals surface area contributed by atoms with Crippen molar-refractivity contribution in [2.75, 3.05) is 19.8 Å². The Hall–Kier alpha value is -3.56. The maximum absolute atomic E-state index is 13.4. The van der Waals surface area contributed by atoms with Gasteiger partial charge in [0.15, 0.2) is 5.78 Å². The third kappa shape index (κ3) is 6.56. The summed E-state index contributed by atoms with van der Waals surface area (Å²) in [6.45, 7) is 4.05. The van der Waals surface area contributed by atoms with Crippen LogP contribution < -0.4 is 4.74 Å². The molecule has 0 radical (unpaired) electrons. The maximum atomic E-state index is 13.4. The van der Waals surface area contributed by atoms with Crippen LogP contribution in [0.15, 0.2) is 34.9 Å². The SMILES string of the molecule is CC(=O)c1c(C)c(O)c2cc(C(=O)O)cc(O[C@@H]3O[C@@H]4[C@H](O)C5(CCCC5)C[C@H]5O[C@@]4(C[C@@H]4C6=C5CC=C6[C@]5(CCO)COC[C@@H]6C[C@@]7(C[C@H]4[C@@H]65)CC4(CCCC4)[C@]4(CCC[C@@]45CCC4(CCCC4)C5)C7)[C@H](O)[C@H]3O)c2c1O. The molecule has 2 aromatic carbocycles. The maximum Gasteiger partial charge on any atom is 0.335 e. The predicted octanol–water partition coefficient (Wildman–Crippen LogP) is 10.7. The molecule has 9 aliphatic carbocycles. The smallest absolute Gasteiger partial charge is 0.335 e. The molecule has 2 aromatic rings. The van der Waals surface area contributed by atoms with Gasteiger partial charge in [0.2, 0.25) is 6.29 Å². The van der Waals surface area contributed by atoms with Crippen molar-refractivity contribution < 1.29 is 64.3 Å². The van der Waals surface area contributed by atoms with Crippen molar-refractivity contribution in [3.63, 3.8) is 0 Å². The fourth-order valence-corrected chi connectivity index (χ4v) is 23.9. The zero-order chi connectivity index (χ0) is 53.7. The molecule has 15 atom stereocenters. The van der Waals surface area contributed by atoms with Gasteiger partial charge in [-0.25, -0.2) is 4.79 Å². The van der Waals surface area contributed by atoms with Crippen LogP contribution in [-0.2, 0) is 14.2 Å². The standard InChI is InChI=1S/C65H84O13/c1-35-46(36(2)67)51(69)48-40(50(35)68)24-37(56(73)74)25-44(48)76-57-52(70)53(71)65-28-41-42-27-59(32-61(16-7-8-17-61)64(33-59)19-9-18-62(64)21-20-58(31-62)12-3-4-13-58)26-38-30-75-34-63(22-23-66,49(38)42)43-11-10-39(47(41)43)45(78-65)29-60(14-5-6-15-60)54(72)55(65)77-57/h11,24-25,38,41-42,45,49,52-55,57,66,68-72H,3-10,12-23,26-34H2,1-2H3,(H,73,74)/t38-,41-,42+,45+,49+,52+,53+,54-,55+,57+,59+,62-,63-,64-,65-/m0/s1. The Bertz CT molecular complexity index is 2940. The van der Waals surface area contributed by atoms with Crippen LogP contribution >= 0.6 is 0 Å². The van der Waals surface area contributed by atoms with Crippen molar-refractivity contribution in [3.05, 3.63) is 51.6 Å². The molecule has 0 aromatic heterocycles. The molecule has 15 rings (SSSR count). The van der Waals surface area contributed by atoms with Crippen LogP contribution in [0.25, 0.3) is 10.8 Å². The van der Waals surface area contributed by atoms with Crippen LogP contribution in [0.1, 0.15) is 200 Å². The molecule has 8 saturated carbocycles. The number of allylic oxidation sites excluding steroid dienone is 2. The van der Waals surface area contributed by atoms with Gasteiger partial charge in [0.25, 0.3) is 0 Å². The molecule has 7 N–H and O–H groups in total. The van der Waals surface area contributed by atoms with E-state index in [0.717, 1.165) is 44.6 Å². The van der Waals surface area contributed by atoms with E-state index in [2.05, 4.69) is 6.08 Å². The molecule has 13 heteroatoms. The quantitative estimate of drug-likeness (QED) is 0.106. The molecule has 3 saturated heterocycles. The highest BCUT2D eigenvalue weighted by molar-refractivity contribution is 6.11.